The van der Waals surface area contributed by atoms with Crippen LogP contribution in [0.15, 0.2) is 18.5 Å². The summed E-state index contributed by atoms with van der Waals surface area (Å²) >= 11 is 0. The summed E-state index contributed by atoms with van der Waals surface area (Å²) in [6, 6.07) is 1.96. The Morgan fingerprint density at radius 2 is 2.50 bits per heavy atom. The van der Waals surface area contributed by atoms with Crippen LogP contribution in [0.4, 0.5) is 5.82 Å². The van der Waals surface area contributed by atoms with Gasteiger partial charge in [0.1, 0.15) is 11.1 Å². The molecule has 3 heterocycles. The van der Waals surface area contributed by atoms with E-state index >= 15 is 0 Å². The first-order chi connectivity index (χ1) is 8.66. The van der Waals surface area contributed by atoms with E-state index in [2.05, 4.69) is 15.4 Å². The zero-order valence-corrected chi connectivity index (χ0v) is 10.3. The van der Waals surface area contributed by atoms with Crippen LogP contribution in [0.2, 0.25) is 0 Å². The Balaban J connectivity index is 1.82. The molecule has 2 aromatic heterocycles. The molecule has 0 bridgehead atoms. The highest BCUT2D eigenvalue weighted by Crippen LogP contribution is 2.20. The van der Waals surface area contributed by atoms with Gasteiger partial charge in [0.05, 0.1) is 12.3 Å². The van der Waals surface area contributed by atoms with E-state index in [1.165, 1.54) is 0 Å². The largest absolute Gasteiger partial charge is 0.386 e. The van der Waals surface area contributed by atoms with Crippen LogP contribution in [0.1, 0.15) is 12.1 Å². The lowest BCUT2D eigenvalue weighted by Crippen LogP contribution is -2.37. The van der Waals surface area contributed by atoms with Crippen molar-refractivity contribution in [3.8, 4) is 0 Å². The Morgan fingerprint density at radius 1 is 1.61 bits per heavy atom. The van der Waals surface area contributed by atoms with Crippen LogP contribution in [0, 0.1) is 6.92 Å². The van der Waals surface area contributed by atoms with Crippen molar-refractivity contribution in [2.75, 3.05) is 25.1 Å². The first-order valence-electron chi connectivity index (χ1n) is 6.01. The molecule has 1 atom stereocenters. The second-order valence-corrected chi connectivity index (χ2v) is 4.77. The van der Waals surface area contributed by atoms with Gasteiger partial charge in [-0.05, 0) is 13.0 Å². The minimum Gasteiger partial charge on any atom is -0.386 e. The van der Waals surface area contributed by atoms with Crippen LogP contribution in [0.5, 0.6) is 0 Å². The molecule has 0 spiro atoms. The molecule has 0 aliphatic carbocycles. The van der Waals surface area contributed by atoms with Crippen LogP contribution in [0.3, 0.4) is 0 Å². The zero-order chi connectivity index (χ0) is 12.6. The zero-order valence-electron chi connectivity index (χ0n) is 10.3. The van der Waals surface area contributed by atoms with Crippen molar-refractivity contribution in [1.82, 2.24) is 14.6 Å². The summed E-state index contributed by atoms with van der Waals surface area (Å²) in [5.74, 6) is 0.735. The Morgan fingerprint density at radius 3 is 3.28 bits per heavy atom. The molecular weight excluding hydrogens is 232 g/mol. The molecule has 3 rings (SSSR count). The highest BCUT2D eigenvalue weighted by atomic mass is 16.5. The van der Waals surface area contributed by atoms with E-state index < -0.39 is 5.60 Å². The van der Waals surface area contributed by atoms with Crippen LogP contribution in [-0.4, -0.2) is 45.1 Å². The summed E-state index contributed by atoms with van der Waals surface area (Å²) < 4.78 is 6.99. The number of aliphatic hydroxyl groups is 1. The van der Waals surface area contributed by atoms with E-state index in [1.54, 1.807) is 16.9 Å². The maximum Gasteiger partial charge on any atom is 0.152 e. The lowest BCUT2D eigenvalue weighted by Gasteiger charge is -2.21. The van der Waals surface area contributed by atoms with Crippen LogP contribution in [-0.2, 0) is 4.74 Å². The molecule has 1 saturated heterocycles. The first kappa shape index (κ1) is 11.4. The summed E-state index contributed by atoms with van der Waals surface area (Å²) in [5, 5.41) is 17.7. The quantitative estimate of drug-likeness (QED) is 0.832. The minimum atomic E-state index is -0.788. The van der Waals surface area contributed by atoms with Gasteiger partial charge in [0.15, 0.2) is 5.82 Å². The van der Waals surface area contributed by atoms with Crippen LogP contribution < -0.4 is 5.32 Å². The average molecular weight is 248 g/mol. The average Bonchev–Trinajstić information content (AvgIpc) is 2.92. The molecule has 1 aliphatic heterocycles. The third-order valence-corrected chi connectivity index (χ3v) is 3.18. The van der Waals surface area contributed by atoms with E-state index in [-0.39, 0.29) is 0 Å². The number of fused-ring (bicyclic) bond motifs is 1. The molecule has 0 saturated carbocycles. The molecule has 0 aromatic carbocycles. The normalized spacial score (nSPS) is 23.7. The van der Waals surface area contributed by atoms with Crippen molar-refractivity contribution >= 4 is 11.3 Å². The summed E-state index contributed by atoms with van der Waals surface area (Å²) in [5.41, 5.74) is 1.07. The predicted molar refractivity (Wildman–Crippen MR) is 66.6 cm³/mol. The van der Waals surface area contributed by atoms with Crippen LogP contribution >= 0.6 is 0 Å². The van der Waals surface area contributed by atoms with Gasteiger partial charge < -0.3 is 15.2 Å². The first-order valence-corrected chi connectivity index (χ1v) is 6.01. The van der Waals surface area contributed by atoms with Gasteiger partial charge in [-0.25, -0.2) is 9.50 Å². The van der Waals surface area contributed by atoms with E-state index in [1.807, 2.05) is 13.0 Å². The number of ether oxygens (including phenoxy) is 1. The molecule has 0 amide bonds. The topological polar surface area (TPSA) is 71.7 Å². The summed E-state index contributed by atoms with van der Waals surface area (Å²) in [6.45, 7) is 3.36. The van der Waals surface area contributed by atoms with Gasteiger partial charge in [0.25, 0.3) is 0 Å². The van der Waals surface area contributed by atoms with E-state index in [0.717, 1.165) is 17.0 Å². The molecule has 6 nitrogen and oxygen atoms in total. The fourth-order valence-corrected chi connectivity index (χ4v) is 2.16. The lowest BCUT2D eigenvalue weighted by atomic mass is 10.0. The molecule has 1 unspecified atom stereocenters. The van der Waals surface area contributed by atoms with Crippen molar-refractivity contribution in [3.05, 3.63) is 24.2 Å². The number of hydrogen-bond donors (Lipinski definition) is 2. The third kappa shape index (κ3) is 2.04. The van der Waals surface area contributed by atoms with E-state index in [0.29, 0.717) is 26.2 Å². The fraction of sp³-hybridized carbons (Fsp3) is 0.500. The Bertz CT molecular complexity index is 560. The van der Waals surface area contributed by atoms with Crippen molar-refractivity contribution in [2.45, 2.75) is 18.9 Å². The number of aryl methyl sites for hydroxylation is 1. The number of rotatable bonds is 3. The van der Waals surface area contributed by atoms with Gasteiger partial charge in [-0.2, -0.15) is 5.10 Å². The number of nitrogens with zero attached hydrogens (tertiary/aromatic N) is 3. The Kier molecular flexibility index (Phi) is 2.68. The molecule has 2 aromatic rings. The van der Waals surface area contributed by atoms with Crippen molar-refractivity contribution in [3.63, 3.8) is 0 Å². The van der Waals surface area contributed by atoms with Gasteiger partial charge in [-0.15, -0.1) is 0 Å². The van der Waals surface area contributed by atoms with Gasteiger partial charge in [0.2, 0.25) is 0 Å². The highest BCUT2D eigenvalue weighted by molar-refractivity contribution is 5.67. The molecule has 2 N–H and O–H groups in total. The highest BCUT2D eigenvalue weighted by Gasteiger charge is 2.32. The number of aromatic nitrogens is 3. The third-order valence-electron chi connectivity index (χ3n) is 3.18. The maximum absolute atomic E-state index is 10.2. The van der Waals surface area contributed by atoms with Crippen molar-refractivity contribution in [1.29, 1.82) is 0 Å². The molecular formula is C12H16N4O2. The maximum atomic E-state index is 10.2. The van der Waals surface area contributed by atoms with Gasteiger partial charge in [-0.3, -0.25) is 0 Å². The van der Waals surface area contributed by atoms with Gasteiger partial charge in [-0.1, -0.05) is 0 Å². The van der Waals surface area contributed by atoms with Crippen molar-refractivity contribution in [2.24, 2.45) is 0 Å². The second kappa shape index (κ2) is 4.22. The molecule has 6 heteroatoms. The summed E-state index contributed by atoms with van der Waals surface area (Å²) in [6.07, 6.45) is 4.15. The summed E-state index contributed by atoms with van der Waals surface area (Å²) in [7, 11) is 0. The molecule has 0 radical (unpaired) electrons. The summed E-state index contributed by atoms with van der Waals surface area (Å²) in [4.78, 5) is 4.29. The van der Waals surface area contributed by atoms with Crippen molar-refractivity contribution < 1.29 is 9.84 Å². The molecule has 1 aliphatic rings. The number of hydrogen-bond acceptors (Lipinski definition) is 5. The minimum absolute atomic E-state index is 0.376. The fourth-order valence-electron chi connectivity index (χ4n) is 2.16. The number of anilines is 1. The SMILES string of the molecule is Cc1cc2c(NCC3(O)CCOC3)nccn2n1. The van der Waals surface area contributed by atoms with Gasteiger partial charge >= 0.3 is 0 Å². The Hall–Kier alpha value is -1.66. The lowest BCUT2D eigenvalue weighted by molar-refractivity contribution is 0.0381. The molecule has 18 heavy (non-hydrogen) atoms. The predicted octanol–water partition coefficient (Wildman–Crippen LogP) is 0.601. The molecule has 1 fully saturated rings. The Labute approximate surface area is 105 Å². The van der Waals surface area contributed by atoms with Gasteiger partial charge in [0, 0.05) is 32.0 Å². The van der Waals surface area contributed by atoms with E-state index in [4.69, 9.17) is 4.74 Å². The van der Waals surface area contributed by atoms with E-state index in [9.17, 15) is 5.11 Å². The molecule has 96 valence electrons. The smallest absolute Gasteiger partial charge is 0.152 e. The van der Waals surface area contributed by atoms with Crippen LogP contribution in [0.25, 0.3) is 5.52 Å². The number of nitrogens with one attached hydrogen (secondary N) is 1. The second-order valence-electron chi connectivity index (χ2n) is 4.77. The monoisotopic (exact) mass is 248 g/mol. The standard InChI is InChI=1S/C12H16N4O2/c1-9-6-10-11(13-3-4-16(10)15-9)14-7-12(17)2-5-18-8-12/h3-4,6,17H,2,5,7-8H2,1H3,(H,13,14).